The van der Waals surface area contributed by atoms with E-state index in [1.807, 2.05) is 18.2 Å². The van der Waals surface area contributed by atoms with Gasteiger partial charge >= 0.3 is 0 Å². The first kappa shape index (κ1) is 23.1. The van der Waals surface area contributed by atoms with Crippen molar-refractivity contribution < 1.29 is 4.39 Å². The van der Waals surface area contributed by atoms with Gasteiger partial charge in [-0.2, -0.15) is 4.98 Å². The molecule has 2 fully saturated rings. The van der Waals surface area contributed by atoms with E-state index in [1.54, 1.807) is 18.3 Å². The maximum Gasteiger partial charge on any atom is 0.228 e. The third-order valence-corrected chi connectivity index (χ3v) is 7.27. The molecule has 3 aromatic rings. The van der Waals surface area contributed by atoms with Crippen LogP contribution in [-0.4, -0.2) is 53.2 Å². The summed E-state index contributed by atoms with van der Waals surface area (Å²) in [6.07, 6.45) is 4.00. The molecule has 178 valence electrons. The standard InChI is InChI=1S/C25H27Cl2FN6/c1-16-5-4-10-34(16)25-30-22(18-7-8-21(28)20(27)13-18)14-23(31-25)33-12-11-32(15-17(33)2)24-19(26)6-3-9-29-24/h3,6-9,13-14,16-17H,4-5,10-12,15H2,1-2H3. The summed E-state index contributed by atoms with van der Waals surface area (Å²) < 4.78 is 13.8. The average molecular weight is 501 g/mol. The van der Waals surface area contributed by atoms with E-state index >= 15 is 0 Å². The van der Waals surface area contributed by atoms with Crippen LogP contribution in [0.5, 0.6) is 0 Å². The van der Waals surface area contributed by atoms with E-state index in [0.717, 1.165) is 61.9 Å². The number of piperazine rings is 1. The van der Waals surface area contributed by atoms with Gasteiger partial charge in [0.2, 0.25) is 5.95 Å². The number of aromatic nitrogens is 3. The van der Waals surface area contributed by atoms with Gasteiger partial charge in [0.05, 0.1) is 15.7 Å². The molecule has 0 spiro atoms. The molecule has 2 aromatic heterocycles. The molecule has 0 amide bonds. The molecule has 0 radical (unpaired) electrons. The summed E-state index contributed by atoms with van der Waals surface area (Å²) in [4.78, 5) is 21.1. The second-order valence-electron chi connectivity index (χ2n) is 9.02. The summed E-state index contributed by atoms with van der Waals surface area (Å²) in [5.74, 6) is 1.94. The Bertz CT molecular complexity index is 1190. The molecule has 0 N–H and O–H groups in total. The third kappa shape index (κ3) is 4.51. The molecule has 1 aromatic carbocycles. The van der Waals surface area contributed by atoms with Gasteiger partial charge in [0.25, 0.3) is 0 Å². The fraction of sp³-hybridized carbons (Fsp3) is 0.400. The Morgan fingerprint density at radius 1 is 0.941 bits per heavy atom. The Kier molecular flexibility index (Phi) is 6.49. The molecule has 2 unspecified atom stereocenters. The first-order valence-corrected chi connectivity index (χ1v) is 12.4. The van der Waals surface area contributed by atoms with Crippen molar-refractivity contribution in [1.82, 2.24) is 15.0 Å². The van der Waals surface area contributed by atoms with Crippen LogP contribution in [0.3, 0.4) is 0 Å². The highest BCUT2D eigenvalue weighted by Crippen LogP contribution is 2.32. The second-order valence-corrected chi connectivity index (χ2v) is 9.84. The first-order chi connectivity index (χ1) is 16.4. The number of halogens is 3. The summed E-state index contributed by atoms with van der Waals surface area (Å²) in [7, 11) is 0. The monoisotopic (exact) mass is 500 g/mol. The minimum absolute atomic E-state index is 0.0861. The molecular weight excluding hydrogens is 474 g/mol. The maximum atomic E-state index is 13.8. The van der Waals surface area contributed by atoms with Gasteiger partial charge in [0, 0.05) is 56.1 Å². The van der Waals surface area contributed by atoms with Crippen molar-refractivity contribution >= 4 is 40.8 Å². The summed E-state index contributed by atoms with van der Waals surface area (Å²) in [6.45, 7) is 7.62. The molecule has 6 nitrogen and oxygen atoms in total. The second kappa shape index (κ2) is 9.55. The highest BCUT2D eigenvalue weighted by molar-refractivity contribution is 6.33. The van der Waals surface area contributed by atoms with E-state index in [2.05, 4.69) is 33.5 Å². The Balaban J connectivity index is 1.49. The largest absolute Gasteiger partial charge is 0.352 e. The molecule has 5 rings (SSSR count). The Labute approximate surface area is 209 Å². The van der Waals surface area contributed by atoms with Crippen molar-refractivity contribution in [2.45, 2.75) is 38.8 Å². The summed E-state index contributed by atoms with van der Waals surface area (Å²) in [5.41, 5.74) is 1.51. The smallest absolute Gasteiger partial charge is 0.228 e. The number of hydrogen-bond acceptors (Lipinski definition) is 6. The predicted molar refractivity (Wildman–Crippen MR) is 137 cm³/mol. The molecular formula is C25H27Cl2FN6. The van der Waals surface area contributed by atoms with Crippen molar-refractivity contribution in [3.63, 3.8) is 0 Å². The van der Waals surface area contributed by atoms with E-state index < -0.39 is 5.82 Å². The molecule has 4 heterocycles. The van der Waals surface area contributed by atoms with Gasteiger partial charge in [-0.1, -0.05) is 23.2 Å². The topological polar surface area (TPSA) is 48.4 Å². The molecule has 34 heavy (non-hydrogen) atoms. The number of benzene rings is 1. The van der Waals surface area contributed by atoms with Crippen LogP contribution < -0.4 is 14.7 Å². The summed E-state index contributed by atoms with van der Waals surface area (Å²) >= 11 is 12.5. The summed E-state index contributed by atoms with van der Waals surface area (Å²) in [5, 5.41) is 0.744. The van der Waals surface area contributed by atoms with Gasteiger partial charge in [0.15, 0.2) is 0 Å². The lowest BCUT2D eigenvalue weighted by molar-refractivity contribution is 0.542. The van der Waals surface area contributed by atoms with Gasteiger partial charge in [-0.05, 0) is 57.0 Å². The van der Waals surface area contributed by atoms with Gasteiger partial charge in [-0.15, -0.1) is 0 Å². The number of rotatable bonds is 4. The SMILES string of the molecule is CC1CN(c2ncccc2Cl)CCN1c1cc(-c2ccc(F)c(Cl)c2)nc(N2CCCC2C)n1. The molecule has 0 aliphatic carbocycles. The molecule has 0 saturated carbocycles. The average Bonchev–Trinajstić information content (AvgIpc) is 3.26. The number of nitrogens with zero attached hydrogens (tertiary/aromatic N) is 6. The number of hydrogen-bond donors (Lipinski definition) is 0. The van der Waals surface area contributed by atoms with Crippen LogP contribution in [0.1, 0.15) is 26.7 Å². The van der Waals surface area contributed by atoms with Gasteiger partial charge in [0.1, 0.15) is 17.5 Å². The molecule has 2 atom stereocenters. The van der Waals surface area contributed by atoms with Crippen molar-refractivity contribution in [3.8, 4) is 11.3 Å². The lowest BCUT2D eigenvalue weighted by atomic mass is 10.1. The Hall–Kier alpha value is -2.64. The predicted octanol–water partition coefficient (Wildman–Crippen LogP) is 5.69. The van der Waals surface area contributed by atoms with Crippen LogP contribution in [0.15, 0.2) is 42.6 Å². The van der Waals surface area contributed by atoms with Crippen molar-refractivity contribution in [3.05, 3.63) is 58.5 Å². The van der Waals surface area contributed by atoms with Crippen molar-refractivity contribution in [2.75, 3.05) is 40.9 Å². The molecule has 2 aliphatic heterocycles. The summed E-state index contributed by atoms with van der Waals surface area (Å²) in [6, 6.07) is 11.0. The molecule has 2 aliphatic rings. The quantitative estimate of drug-likeness (QED) is 0.458. The zero-order valence-electron chi connectivity index (χ0n) is 19.3. The van der Waals surface area contributed by atoms with E-state index in [1.165, 1.54) is 6.07 Å². The van der Waals surface area contributed by atoms with Crippen molar-refractivity contribution in [1.29, 1.82) is 0 Å². The van der Waals surface area contributed by atoms with Crippen molar-refractivity contribution in [2.24, 2.45) is 0 Å². The van der Waals surface area contributed by atoms with E-state index in [0.29, 0.717) is 17.0 Å². The van der Waals surface area contributed by atoms with Gasteiger partial charge in [-0.3, -0.25) is 0 Å². The molecule has 9 heteroatoms. The lowest BCUT2D eigenvalue weighted by Crippen LogP contribution is -2.52. The Morgan fingerprint density at radius 2 is 1.79 bits per heavy atom. The number of anilines is 3. The number of pyridine rings is 1. The highest BCUT2D eigenvalue weighted by atomic mass is 35.5. The van der Waals surface area contributed by atoms with Crippen LogP contribution in [-0.2, 0) is 0 Å². The van der Waals surface area contributed by atoms with Crippen LogP contribution in [0.4, 0.5) is 22.0 Å². The minimum atomic E-state index is -0.439. The normalized spacial score (nSPS) is 20.8. The third-order valence-electron chi connectivity index (χ3n) is 6.69. The van der Waals surface area contributed by atoms with Crippen LogP contribution in [0, 0.1) is 5.82 Å². The zero-order chi connectivity index (χ0) is 23.8. The molecule has 2 saturated heterocycles. The highest BCUT2D eigenvalue weighted by Gasteiger charge is 2.29. The lowest BCUT2D eigenvalue weighted by Gasteiger charge is -2.41. The van der Waals surface area contributed by atoms with Gasteiger partial charge < -0.3 is 14.7 Å². The van der Waals surface area contributed by atoms with E-state index in [9.17, 15) is 4.39 Å². The first-order valence-electron chi connectivity index (χ1n) is 11.6. The van der Waals surface area contributed by atoms with Crippen LogP contribution >= 0.6 is 23.2 Å². The molecule has 0 bridgehead atoms. The van der Waals surface area contributed by atoms with Crippen LogP contribution in [0.2, 0.25) is 10.0 Å². The fourth-order valence-electron chi connectivity index (χ4n) is 4.83. The van der Waals surface area contributed by atoms with E-state index in [-0.39, 0.29) is 11.1 Å². The maximum absolute atomic E-state index is 13.8. The zero-order valence-corrected chi connectivity index (χ0v) is 20.8. The van der Waals surface area contributed by atoms with E-state index in [4.69, 9.17) is 33.2 Å². The van der Waals surface area contributed by atoms with Crippen LogP contribution in [0.25, 0.3) is 11.3 Å². The van der Waals surface area contributed by atoms with Gasteiger partial charge in [-0.25, -0.2) is 14.4 Å². The fourth-order valence-corrected chi connectivity index (χ4v) is 5.25. The minimum Gasteiger partial charge on any atom is -0.352 e. The Morgan fingerprint density at radius 3 is 2.50 bits per heavy atom.